The van der Waals surface area contributed by atoms with Crippen LogP contribution in [0.1, 0.15) is 11.1 Å². The molecule has 2 aromatic rings. The van der Waals surface area contributed by atoms with Crippen molar-refractivity contribution in [2.24, 2.45) is 0 Å². The van der Waals surface area contributed by atoms with Gasteiger partial charge in [0.2, 0.25) is 0 Å². The molecule has 0 aliphatic rings. The van der Waals surface area contributed by atoms with Crippen molar-refractivity contribution in [3.8, 4) is 5.75 Å². The summed E-state index contributed by atoms with van der Waals surface area (Å²) in [5, 5.41) is 8.48. The summed E-state index contributed by atoms with van der Waals surface area (Å²) in [6.45, 7) is 0. The van der Waals surface area contributed by atoms with Crippen LogP contribution >= 0.6 is 0 Å². The number of aromatic hydroxyl groups is 1. The molecule has 2 rings (SSSR count). The Morgan fingerprint density at radius 2 is 1.42 bits per heavy atom. The van der Waals surface area contributed by atoms with Crippen molar-refractivity contribution in [3.05, 3.63) is 41.5 Å². The predicted octanol–water partition coefficient (Wildman–Crippen LogP) is 4.58. The maximum Gasteiger partial charge on any atom is 0.417 e. The van der Waals surface area contributed by atoms with Crippen LogP contribution in [-0.2, 0) is 12.4 Å². The summed E-state index contributed by atoms with van der Waals surface area (Å²) in [7, 11) is 0. The van der Waals surface area contributed by atoms with Crippen LogP contribution in [0.2, 0.25) is 0 Å². The minimum atomic E-state index is -4.83. The Kier molecular flexibility index (Phi) is 2.87. The number of fused-ring (bicyclic) bond motifs is 1. The van der Waals surface area contributed by atoms with E-state index in [1.54, 1.807) is 0 Å². The Balaban J connectivity index is 2.84. The molecule has 0 amide bonds. The van der Waals surface area contributed by atoms with Crippen molar-refractivity contribution in [1.82, 2.24) is 0 Å². The van der Waals surface area contributed by atoms with E-state index < -0.39 is 34.6 Å². The summed E-state index contributed by atoms with van der Waals surface area (Å²) in [5.74, 6) is -0.837. The zero-order chi connectivity index (χ0) is 14.4. The van der Waals surface area contributed by atoms with E-state index in [4.69, 9.17) is 0 Å². The number of rotatable bonds is 0. The molecule has 0 atom stereocenters. The number of hydrogen-bond acceptors (Lipinski definition) is 1. The maximum atomic E-state index is 12.7. The second-order valence-electron chi connectivity index (χ2n) is 3.89. The molecular formula is C12H6F6O. The van der Waals surface area contributed by atoms with Crippen molar-refractivity contribution in [3.63, 3.8) is 0 Å². The fraction of sp³-hybridized carbons (Fsp3) is 0.167. The molecule has 102 valence electrons. The Morgan fingerprint density at radius 1 is 0.789 bits per heavy atom. The molecule has 0 aromatic heterocycles. The monoisotopic (exact) mass is 280 g/mol. The van der Waals surface area contributed by atoms with Gasteiger partial charge in [-0.15, -0.1) is 0 Å². The van der Waals surface area contributed by atoms with Crippen molar-refractivity contribution in [2.45, 2.75) is 12.4 Å². The lowest BCUT2D eigenvalue weighted by molar-refractivity contribution is -0.139. The average molecular weight is 280 g/mol. The third kappa shape index (κ3) is 2.45. The number of halogens is 6. The smallest absolute Gasteiger partial charge is 0.417 e. The second-order valence-corrected chi connectivity index (χ2v) is 3.89. The SMILES string of the molecule is Oc1cc(C(F)(F)F)cc2c(C(F)(F)F)cccc12. The van der Waals surface area contributed by atoms with Crippen LogP contribution < -0.4 is 0 Å². The molecule has 0 saturated heterocycles. The average Bonchev–Trinajstić information content (AvgIpc) is 2.25. The summed E-state index contributed by atoms with van der Waals surface area (Å²) in [6.07, 6.45) is -9.62. The summed E-state index contributed by atoms with van der Waals surface area (Å²) < 4.78 is 75.7. The fourth-order valence-corrected chi connectivity index (χ4v) is 1.78. The van der Waals surface area contributed by atoms with Gasteiger partial charge in [0, 0.05) is 5.39 Å². The number of hydrogen-bond donors (Lipinski definition) is 1. The molecule has 7 heteroatoms. The van der Waals surface area contributed by atoms with E-state index in [9.17, 15) is 31.4 Å². The van der Waals surface area contributed by atoms with Crippen LogP contribution in [0, 0.1) is 0 Å². The van der Waals surface area contributed by atoms with Crippen molar-refractivity contribution >= 4 is 10.8 Å². The largest absolute Gasteiger partial charge is 0.507 e. The van der Waals surface area contributed by atoms with E-state index in [1.807, 2.05) is 0 Å². The predicted molar refractivity (Wildman–Crippen MR) is 55.6 cm³/mol. The summed E-state index contributed by atoms with van der Waals surface area (Å²) in [5.41, 5.74) is -2.54. The Bertz CT molecular complexity index is 626. The lowest BCUT2D eigenvalue weighted by atomic mass is 10.0. The van der Waals surface area contributed by atoms with Crippen molar-refractivity contribution in [1.29, 1.82) is 0 Å². The summed E-state index contributed by atoms with van der Waals surface area (Å²) in [6, 6.07) is 3.61. The minimum Gasteiger partial charge on any atom is -0.507 e. The van der Waals surface area contributed by atoms with Gasteiger partial charge in [0.15, 0.2) is 0 Å². The first-order chi connectivity index (χ1) is 8.60. The number of phenolic OH excluding ortho intramolecular Hbond substituents is 1. The molecule has 0 saturated carbocycles. The first-order valence-corrected chi connectivity index (χ1v) is 5.01. The molecule has 19 heavy (non-hydrogen) atoms. The van der Waals surface area contributed by atoms with E-state index in [0.29, 0.717) is 18.2 Å². The molecule has 0 unspecified atom stereocenters. The number of alkyl halides is 6. The van der Waals surface area contributed by atoms with Crippen LogP contribution in [-0.4, -0.2) is 5.11 Å². The van der Waals surface area contributed by atoms with Gasteiger partial charge < -0.3 is 5.11 Å². The van der Waals surface area contributed by atoms with Gasteiger partial charge in [-0.1, -0.05) is 12.1 Å². The van der Waals surface area contributed by atoms with Gasteiger partial charge >= 0.3 is 12.4 Å². The van der Waals surface area contributed by atoms with Crippen LogP contribution in [0.3, 0.4) is 0 Å². The van der Waals surface area contributed by atoms with Gasteiger partial charge in [0.25, 0.3) is 0 Å². The molecule has 0 bridgehead atoms. The third-order valence-corrected chi connectivity index (χ3v) is 2.61. The van der Waals surface area contributed by atoms with Gasteiger partial charge in [-0.25, -0.2) is 0 Å². The maximum absolute atomic E-state index is 12.7. The van der Waals surface area contributed by atoms with E-state index >= 15 is 0 Å². The molecule has 0 spiro atoms. The Morgan fingerprint density at radius 3 is 1.95 bits per heavy atom. The van der Waals surface area contributed by atoms with E-state index in [0.717, 1.165) is 12.1 Å². The van der Waals surface area contributed by atoms with Gasteiger partial charge in [-0.2, -0.15) is 26.3 Å². The molecule has 0 radical (unpaired) electrons. The van der Waals surface area contributed by atoms with E-state index in [2.05, 4.69) is 0 Å². The summed E-state index contributed by atoms with van der Waals surface area (Å²) >= 11 is 0. The minimum absolute atomic E-state index is 0.275. The van der Waals surface area contributed by atoms with E-state index in [1.165, 1.54) is 0 Å². The molecule has 1 N–H and O–H groups in total. The van der Waals surface area contributed by atoms with Crippen LogP contribution in [0.5, 0.6) is 5.75 Å². The van der Waals surface area contributed by atoms with Crippen LogP contribution in [0.25, 0.3) is 10.8 Å². The quantitative estimate of drug-likeness (QED) is 0.700. The molecule has 0 fully saturated rings. The van der Waals surface area contributed by atoms with Crippen LogP contribution in [0.15, 0.2) is 30.3 Å². The highest BCUT2D eigenvalue weighted by Crippen LogP contribution is 2.41. The van der Waals surface area contributed by atoms with Gasteiger partial charge in [0.1, 0.15) is 5.75 Å². The second kappa shape index (κ2) is 4.04. The molecular weight excluding hydrogens is 274 g/mol. The van der Waals surface area contributed by atoms with Gasteiger partial charge in [-0.3, -0.25) is 0 Å². The fourth-order valence-electron chi connectivity index (χ4n) is 1.78. The normalized spacial score (nSPS) is 12.9. The highest BCUT2D eigenvalue weighted by Gasteiger charge is 2.35. The highest BCUT2D eigenvalue weighted by molar-refractivity contribution is 5.91. The van der Waals surface area contributed by atoms with Gasteiger partial charge in [0.05, 0.1) is 11.1 Å². The summed E-state index contributed by atoms with van der Waals surface area (Å²) in [4.78, 5) is 0. The molecule has 2 aromatic carbocycles. The highest BCUT2D eigenvalue weighted by atomic mass is 19.4. The molecule has 0 heterocycles. The zero-order valence-corrected chi connectivity index (χ0v) is 9.10. The van der Waals surface area contributed by atoms with Crippen molar-refractivity contribution < 1.29 is 31.4 Å². The number of benzene rings is 2. The lowest BCUT2D eigenvalue weighted by Crippen LogP contribution is -2.08. The Hall–Kier alpha value is -1.92. The van der Waals surface area contributed by atoms with Crippen molar-refractivity contribution in [2.75, 3.05) is 0 Å². The van der Waals surface area contributed by atoms with E-state index in [-0.39, 0.29) is 5.39 Å². The third-order valence-electron chi connectivity index (χ3n) is 2.61. The number of phenols is 1. The lowest BCUT2D eigenvalue weighted by Gasteiger charge is -2.14. The Labute approximate surface area is 103 Å². The van der Waals surface area contributed by atoms with Crippen LogP contribution in [0.4, 0.5) is 26.3 Å². The standard InChI is InChI=1S/C12H6F6O/c13-11(14,15)6-4-8-7(10(19)5-6)2-1-3-9(8)12(16,17)18/h1-5,19H. The molecule has 1 nitrogen and oxygen atoms in total. The zero-order valence-electron chi connectivity index (χ0n) is 9.10. The van der Waals surface area contributed by atoms with Gasteiger partial charge in [-0.05, 0) is 23.6 Å². The first-order valence-electron chi connectivity index (χ1n) is 5.01. The topological polar surface area (TPSA) is 20.2 Å². The molecule has 0 aliphatic carbocycles. The molecule has 0 aliphatic heterocycles. The first kappa shape index (κ1) is 13.5.